The number of pyridine rings is 1. The van der Waals surface area contributed by atoms with Gasteiger partial charge in [-0.3, -0.25) is 4.40 Å². The van der Waals surface area contributed by atoms with Crippen LogP contribution in [0, 0.1) is 6.92 Å². The molecule has 3 nitrogen and oxygen atoms in total. The second kappa shape index (κ2) is 7.00. The van der Waals surface area contributed by atoms with Crippen molar-refractivity contribution in [3.63, 3.8) is 0 Å². The Balaban J connectivity index is 1.86. The molecule has 0 saturated carbocycles. The number of hydrogen-bond acceptors (Lipinski definition) is 2. The molecule has 0 radical (unpaired) electrons. The van der Waals surface area contributed by atoms with Crippen LogP contribution >= 0.6 is 11.3 Å². The van der Waals surface area contributed by atoms with Crippen LogP contribution < -0.4 is 10.0 Å². The number of aryl methyl sites for hydroxylation is 2. The minimum Gasteiger partial charge on any atom is -0.290 e. The molecule has 0 aliphatic carbocycles. The van der Waals surface area contributed by atoms with Gasteiger partial charge in [-0.05, 0) is 40.8 Å². The Hall–Kier alpha value is -2.50. The molecule has 5 heteroatoms. The number of rotatable bonds is 3. The number of aromatic nitrogens is 3. The average molecular weight is 445 g/mol. The Morgan fingerprint density at radius 3 is 2.45 bits per heavy atom. The van der Waals surface area contributed by atoms with Crippen molar-refractivity contribution in [3.8, 4) is 11.3 Å². The lowest BCUT2D eigenvalue weighted by Crippen LogP contribution is -2.42. The van der Waals surface area contributed by atoms with Crippen molar-refractivity contribution in [2.24, 2.45) is 7.05 Å². The van der Waals surface area contributed by atoms with E-state index in [0.29, 0.717) is 5.92 Å². The second-order valence-corrected chi connectivity index (χ2v) is 16.0. The molecule has 5 rings (SSSR count). The first-order valence-electron chi connectivity index (χ1n) is 11.0. The topological polar surface area (TPSA) is 21.2 Å². The van der Waals surface area contributed by atoms with E-state index in [2.05, 4.69) is 105 Å². The molecule has 0 aliphatic heterocycles. The van der Waals surface area contributed by atoms with Crippen molar-refractivity contribution < 1.29 is 4.57 Å². The van der Waals surface area contributed by atoms with E-state index in [1.165, 1.54) is 53.7 Å². The van der Waals surface area contributed by atoms with Crippen LogP contribution in [0.2, 0.25) is 19.6 Å². The van der Waals surface area contributed by atoms with E-state index in [9.17, 15) is 0 Å². The summed E-state index contributed by atoms with van der Waals surface area (Å²) in [6, 6.07) is 13.6. The second-order valence-electron chi connectivity index (χ2n) is 9.97. The van der Waals surface area contributed by atoms with Gasteiger partial charge in [0.1, 0.15) is 24.7 Å². The zero-order valence-corrected chi connectivity index (χ0v) is 21.3. The maximum atomic E-state index is 4.83. The number of thiazole rings is 1. The van der Waals surface area contributed by atoms with Gasteiger partial charge in [0.25, 0.3) is 0 Å². The van der Waals surface area contributed by atoms with E-state index in [1.807, 2.05) is 11.3 Å². The molecule has 0 bridgehead atoms. The molecule has 31 heavy (non-hydrogen) atoms. The van der Waals surface area contributed by atoms with Gasteiger partial charge in [0, 0.05) is 6.07 Å². The lowest BCUT2D eigenvalue weighted by atomic mass is 9.89. The number of imidazole rings is 1. The molecule has 3 aromatic heterocycles. The van der Waals surface area contributed by atoms with E-state index in [-0.39, 0.29) is 0 Å². The first-order chi connectivity index (χ1) is 14.7. The standard InChI is InChI=1S/C26H30N3SSi/c1-16(2)20-12-21(17(3)18-10-8-9-11-19(18)20)22-13-23-24(15-28(22)4)30-25-14-27-26(29(23)25)31(5,6)7/h8-16H,1-7H3/q+1. The normalized spacial score (nSPS) is 12.6. The van der Waals surface area contributed by atoms with Gasteiger partial charge in [-0.1, -0.05) is 57.8 Å². The van der Waals surface area contributed by atoms with E-state index < -0.39 is 8.07 Å². The Labute approximate surface area is 189 Å². The van der Waals surface area contributed by atoms with E-state index >= 15 is 0 Å². The molecule has 0 aliphatic rings. The molecule has 3 heterocycles. The van der Waals surface area contributed by atoms with Gasteiger partial charge in [0.05, 0.1) is 22.7 Å². The third kappa shape index (κ3) is 3.14. The number of benzene rings is 2. The van der Waals surface area contributed by atoms with Crippen LogP contribution in [0.5, 0.6) is 0 Å². The van der Waals surface area contributed by atoms with Crippen molar-refractivity contribution in [1.29, 1.82) is 0 Å². The molecule has 0 atom stereocenters. The van der Waals surface area contributed by atoms with Crippen LogP contribution in [0.25, 0.3) is 37.1 Å². The molecule has 0 fully saturated rings. The van der Waals surface area contributed by atoms with Gasteiger partial charge >= 0.3 is 0 Å². The molecule has 2 aromatic carbocycles. The summed E-state index contributed by atoms with van der Waals surface area (Å²) in [5.41, 5.74) is 7.87. The van der Waals surface area contributed by atoms with Gasteiger partial charge in [-0.15, -0.1) is 11.3 Å². The monoisotopic (exact) mass is 444 g/mol. The summed E-state index contributed by atoms with van der Waals surface area (Å²) in [6.45, 7) is 14.0. The predicted octanol–water partition coefficient (Wildman–Crippen LogP) is 6.17. The van der Waals surface area contributed by atoms with E-state index in [1.54, 1.807) is 0 Å². The fourth-order valence-electron chi connectivity index (χ4n) is 4.71. The largest absolute Gasteiger partial charge is 0.290 e. The summed E-state index contributed by atoms with van der Waals surface area (Å²) in [6.07, 6.45) is 4.34. The Kier molecular flexibility index (Phi) is 4.61. The molecular weight excluding hydrogens is 414 g/mol. The van der Waals surface area contributed by atoms with E-state index in [4.69, 9.17) is 4.98 Å². The molecular formula is C26H30N3SSi+. The summed E-state index contributed by atoms with van der Waals surface area (Å²) in [7, 11) is 0.616. The zero-order chi connectivity index (χ0) is 22.1. The number of fused-ring (bicyclic) bond motifs is 4. The Bertz CT molecular complexity index is 1470. The molecule has 158 valence electrons. The fraction of sp³-hybridized carbons (Fsp3) is 0.308. The van der Waals surface area contributed by atoms with Gasteiger partial charge < -0.3 is 0 Å². The van der Waals surface area contributed by atoms with E-state index in [0.717, 1.165) is 0 Å². The van der Waals surface area contributed by atoms with Crippen molar-refractivity contribution in [1.82, 2.24) is 9.38 Å². The third-order valence-corrected chi connectivity index (χ3v) is 9.04. The van der Waals surface area contributed by atoms with Crippen LogP contribution in [-0.4, -0.2) is 17.5 Å². The van der Waals surface area contributed by atoms with Gasteiger partial charge in [0.2, 0.25) is 5.69 Å². The van der Waals surface area contributed by atoms with Crippen LogP contribution in [0.4, 0.5) is 0 Å². The summed E-state index contributed by atoms with van der Waals surface area (Å²) < 4.78 is 6.02. The highest BCUT2D eigenvalue weighted by atomic mass is 32.1. The first-order valence-corrected chi connectivity index (χ1v) is 15.3. The molecule has 0 amide bonds. The van der Waals surface area contributed by atoms with Crippen molar-refractivity contribution in [2.45, 2.75) is 46.3 Å². The van der Waals surface area contributed by atoms with Gasteiger partial charge in [0.15, 0.2) is 6.20 Å². The zero-order valence-electron chi connectivity index (χ0n) is 19.4. The quantitative estimate of drug-likeness (QED) is 0.241. The Morgan fingerprint density at radius 1 is 1.06 bits per heavy atom. The minimum absolute atomic E-state index is 0.471. The predicted molar refractivity (Wildman–Crippen MR) is 136 cm³/mol. The van der Waals surface area contributed by atoms with Crippen molar-refractivity contribution in [3.05, 3.63) is 59.9 Å². The van der Waals surface area contributed by atoms with Gasteiger partial charge in [-0.2, -0.15) is 4.57 Å². The van der Waals surface area contributed by atoms with Crippen LogP contribution in [0.3, 0.4) is 0 Å². The van der Waals surface area contributed by atoms with Crippen LogP contribution in [0.1, 0.15) is 30.9 Å². The molecule has 5 aromatic rings. The third-order valence-electron chi connectivity index (χ3n) is 6.32. The van der Waals surface area contributed by atoms with Crippen LogP contribution in [-0.2, 0) is 7.05 Å². The highest BCUT2D eigenvalue weighted by Gasteiger charge is 2.26. The molecule has 0 unspecified atom stereocenters. The fourth-order valence-corrected chi connectivity index (χ4v) is 7.23. The summed E-state index contributed by atoms with van der Waals surface area (Å²) in [5, 5.41) is 2.72. The maximum absolute atomic E-state index is 4.83. The average Bonchev–Trinajstić information content (AvgIpc) is 3.26. The smallest absolute Gasteiger partial charge is 0.214 e. The summed E-state index contributed by atoms with van der Waals surface area (Å²) in [4.78, 5) is 6.06. The van der Waals surface area contributed by atoms with Crippen molar-refractivity contribution >= 4 is 50.7 Å². The number of nitrogens with zero attached hydrogens (tertiary/aromatic N) is 3. The van der Waals surface area contributed by atoms with Crippen molar-refractivity contribution in [2.75, 3.05) is 0 Å². The minimum atomic E-state index is -1.56. The summed E-state index contributed by atoms with van der Waals surface area (Å²) in [5.74, 6) is 0.471. The number of hydrogen-bond donors (Lipinski definition) is 0. The Morgan fingerprint density at radius 2 is 1.77 bits per heavy atom. The highest BCUT2D eigenvalue weighted by Crippen LogP contribution is 2.36. The molecule has 0 N–H and O–H groups in total. The maximum Gasteiger partial charge on any atom is 0.214 e. The lowest BCUT2D eigenvalue weighted by molar-refractivity contribution is -0.659. The van der Waals surface area contributed by atoms with Gasteiger partial charge in [-0.25, -0.2) is 4.98 Å². The SMILES string of the molecule is Cc1c(-c2cc3c(c[n+]2C)sc2cnc([Si](C)(C)C)n23)cc(C(C)C)c2ccccc12. The highest BCUT2D eigenvalue weighted by molar-refractivity contribution is 7.24. The lowest BCUT2D eigenvalue weighted by Gasteiger charge is -2.16. The molecule has 0 spiro atoms. The first kappa shape index (κ1) is 20.4. The summed E-state index contributed by atoms with van der Waals surface area (Å²) >= 11 is 1.83. The molecule has 0 saturated heterocycles. The van der Waals surface area contributed by atoms with Crippen LogP contribution in [0.15, 0.2) is 48.8 Å².